The van der Waals surface area contributed by atoms with Crippen molar-refractivity contribution in [1.82, 2.24) is 4.98 Å². The number of nitrogens with one attached hydrogen (secondary N) is 1. The Morgan fingerprint density at radius 1 is 1.35 bits per heavy atom. The van der Waals surface area contributed by atoms with Crippen molar-refractivity contribution in [2.45, 2.75) is 6.92 Å². The minimum atomic E-state index is -0.228. The normalized spacial score (nSPS) is 13.1. The number of fused-ring (bicyclic) bond motifs is 1. The summed E-state index contributed by atoms with van der Waals surface area (Å²) in [6.07, 6.45) is 0. The molecule has 2 heterocycles. The fraction of sp³-hybridized carbons (Fsp3) is 0.231. The molecule has 1 aliphatic rings. The zero-order chi connectivity index (χ0) is 14.1. The monoisotopic (exact) mass is 291 g/mol. The van der Waals surface area contributed by atoms with Crippen LogP contribution >= 0.6 is 11.3 Å². The zero-order valence-electron chi connectivity index (χ0n) is 10.8. The Morgan fingerprint density at radius 3 is 2.70 bits per heavy atom. The molecule has 0 fully saturated rings. The fourth-order valence-corrected chi connectivity index (χ4v) is 2.61. The van der Waals surface area contributed by atoms with Gasteiger partial charge in [-0.2, -0.15) is 0 Å². The number of rotatable bonds is 2. The van der Waals surface area contributed by atoms with Crippen LogP contribution in [0.3, 0.4) is 0 Å². The Morgan fingerprint density at radius 2 is 2.05 bits per heavy atom. The molecule has 0 aliphatic carbocycles. The third kappa shape index (κ3) is 2.27. The van der Waals surface area contributed by atoms with E-state index in [1.807, 2.05) is 0 Å². The van der Waals surface area contributed by atoms with Gasteiger partial charge in [-0.25, -0.2) is 4.98 Å². The van der Waals surface area contributed by atoms with E-state index in [9.17, 15) is 4.79 Å². The first-order chi connectivity index (χ1) is 9.65. The minimum absolute atomic E-state index is 0.228. The van der Waals surface area contributed by atoms with Crippen LogP contribution < -0.4 is 20.5 Å². The highest BCUT2D eigenvalue weighted by Gasteiger charge is 2.18. The lowest BCUT2D eigenvalue weighted by Gasteiger charge is -2.20. The molecule has 1 amide bonds. The number of aryl methyl sites for hydroxylation is 1. The van der Waals surface area contributed by atoms with E-state index < -0.39 is 0 Å². The van der Waals surface area contributed by atoms with E-state index in [0.717, 1.165) is 0 Å². The topological polar surface area (TPSA) is 86.5 Å². The molecule has 3 rings (SSSR count). The second-order valence-electron chi connectivity index (χ2n) is 4.30. The van der Waals surface area contributed by atoms with Crippen LogP contribution in [0.1, 0.15) is 15.4 Å². The molecule has 0 atom stereocenters. The van der Waals surface area contributed by atoms with Crippen molar-refractivity contribution in [3.63, 3.8) is 0 Å². The second kappa shape index (κ2) is 5.01. The van der Waals surface area contributed by atoms with Crippen molar-refractivity contribution in [2.24, 2.45) is 0 Å². The molecule has 1 aromatic carbocycles. The van der Waals surface area contributed by atoms with Gasteiger partial charge in [0.25, 0.3) is 5.91 Å². The lowest BCUT2D eigenvalue weighted by Crippen LogP contribution is -2.17. The summed E-state index contributed by atoms with van der Waals surface area (Å²) in [5.41, 5.74) is 9.20. The molecule has 1 aliphatic heterocycles. The summed E-state index contributed by atoms with van der Waals surface area (Å²) in [4.78, 5) is 16.8. The predicted octanol–water partition coefficient (Wildman–Crippen LogP) is 2.06. The fourth-order valence-electron chi connectivity index (χ4n) is 1.91. The summed E-state index contributed by atoms with van der Waals surface area (Å²) in [6, 6.07) is 3.34. The van der Waals surface area contributed by atoms with Crippen LogP contribution in [0.2, 0.25) is 0 Å². The maximum atomic E-state index is 12.1. The third-order valence-electron chi connectivity index (χ3n) is 2.91. The van der Waals surface area contributed by atoms with Gasteiger partial charge in [0.2, 0.25) is 0 Å². The first kappa shape index (κ1) is 12.7. The van der Waals surface area contributed by atoms with Gasteiger partial charge < -0.3 is 20.5 Å². The number of aromatic nitrogens is 1. The molecule has 2 aromatic rings. The van der Waals surface area contributed by atoms with Gasteiger partial charge in [-0.15, -0.1) is 11.3 Å². The number of benzene rings is 1. The molecular formula is C13H13N3O3S. The van der Waals surface area contributed by atoms with Gasteiger partial charge in [-0.3, -0.25) is 4.79 Å². The Balaban J connectivity index is 1.87. The molecule has 20 heavy (non-hydrogen) atoms. The van der Waals surface area contributed by atoms with Crippen LogP contribution in [0.25, 0.3) is 0 Å². The summed E-state index contributed by atoms with van der Waals surface area (Å²) in [7, 11) is 0. The number of amides is 1. The Kier molecular flexibility index (Phi) is 3.19. The zero-order valence-corrected chi connectivity index (χ0v) is 11.6. The molecule has 0 saturated heterocycles. The molecule has 6 nitrogen and oxygen atoms in total. The molecule has 104 valence electrons. The molecule has 0 radical (unpaired) electrons. The van der Waals surface area contributed by atoms with Gasteiger partial charge in [-0.1, -0.05) is 0 Å². The van der Waals surface area contributed by atoms with Crippen molar-refractivity contribution in [3.05, 3.63) is 28.2 Å². The quantitative estimate of drug-likeness (QED) is 0.827. The van der Waals surface area contributed by atoms with E-state index in [4.69, 9.17) is 15.2 Å². The number of ether oxygens (including phenoxy) is 2. The van der Waals surface area contributed by atoms with Crippen LogP contribution in [0.5, 0.6) is 11.5 Å². The number of anilines is 2. The average molecular weight is 291 g/mol. The van der Waals surface area contributed by atoms with Crippen molar-refractivity contribution in [1.29, 1.82) is 0 Å². The van der Waals surface area contributed by atoms with Crippen LogP contribution in [0, 0.1) is 6.92 Å². The van der Waals surface area contributed by atoms with E-state index in [0.29, 0.717) is 46.7 Å². The molecular weight excluding hydrogens is 278 g/mol. The van der Waals surface area contributed by atoms with Crippen LogP contribution in [-0.2, 0) is 0 Å². The Bertz CT molecular complexity index is 669. The van der Waals surface area contributed by atoms with E-state index >= 15 is 0 Å². The highest BCUT2D eigenvalue weighted by atomic mass is 32.1. The first-order valence-corrected chi connectivity index (χ1v) is 6.93. The smallest absolute Gasteiger partial charge is 0.267 e. The summed E-state index contributed by atoms with van der Waals surface area (Å²) in [5, 5.41) is 2.77. The second-order valence-corrected chi connectivity index (χ2v) is 5.16. The third-order valence-corrected chi connectivity index (χ3v) is 3.84. The number of nitrogens with zero attached hydrogens (tertiary/aromatic N) is 1. The molecule has 0 bridgehead atoms. The minimum Gasteiger partial charge on any atom is -0.486 e. The summed E-state index contributed by atoms with van der Waals surface area (Å²) in [5.74, 6) is 0.955. The molecule has 0 saturated carbocycles. The van der Waals surface area contributed by atoms with Gasteiger partial charge >= 0.3 is 0 Å². The van der Waals surface area contributed by atoms with Crippen molar-refractivity contribution in [3.8, 4) is 11.5 Å². The van der Waals surface area contributed by atoms with E-state index in [1.54, 1.807) is 24.6 Å². The van der Waals surface area contributed by atoms with Crippen molar-refractivity contribution >= 4 is 28.6 Å². The molecule has 1 aromatic heterocycles. The van der Waals surface area contributed by atoms with Crippen molar-refractivity contribution < 1.29 is 14.3 Å². The number of hydrogen-bond donors (Lipinski definition) is 2. The Labute approximate surface area is 119 Å². The summed E-state index contributed by atoms with van der Waals surface area (Å²) >= 11 is 1.29. The lowest BCUT2D eigenvalue weighted by atomic mass is 10.2. The number of nitrogen functional groups attached to an aromatic ring is 1. The van der Waals surface area contributed by atoms with Gasteiger partial charge in [0, 0.05) is 12.1 Å². The van der Waals surface area contributed by atoms with Crippen LogP contribution in [0.15, 0.2) is 17.6 Å². The molecule has 3 N–H and O–H groups in total. The van der Waals surface area contributed by atoms with Gasteiger partial charge in [-0.05, 0) is 6.92 Å². The summed E-state index contributed by atoms with van der Waals surface area (Å²) < 4.78 is 10.9. The first-order valence-electron chi connectivity index (χ1n) is 6.05. The molecule has 7 heteroatoms. The van der Waals surface area contributed by atoms with Gasteiger partial charge in [0.15, 0.2) is 11.5 Å². The van der Waals surface area contributed by atoms with E-state index in [-0.39, 0.29) is 5.91 Å². The number of carbonyl (C=O) groups excluding carboxylic acids is 1. The van der Waals surface area contributed by atoms with E-state index in [1.165, 1.54) is 11.3 Å². The van der Waals surface area contributed by atoms with E-state index in [2.05, 4.69) is 10.3 Å². The molecule has 0 unspecified atom stereocenters. The number of thiazole rings is 1. The van der Waals surface area contributed by atoms with Gasteiger partial charge in [0.05, 0.1) is 22.6 Å². The van der Waals surface area contributed by atoms with Crippen molar-refractivity contribution in [2.75, 3.05) is 24.3 Å². The average Bonchev–Trinajstić information content (AvgIpc) is 2.86. The lowest BCUT2D eigenvalue weighted by molar-refractivity contribution is 0.102. The maximum Gasteiger partial charge on any atom is 0.267 e. The molecule has 0 spiro atoms. The largest absolute Gasteiger partial charge is 0.486 e. The Hall–Kier alpha value is -2.28. The van der Waals surface area contributed by atoms with Crippen LogP contribution in [-0.4, -0.2) is 24.1 Å². The predicted molar refractivity (Wildman–Crippen MR) is 76.6 cm³/mol. The maximum absolute atomic E-state index is 12.1. The number of nitrogens with two attached hydrogens (primary N) is 1. The van der Waals surface area contributed by atoms with Gasteiger partial charge in [0.1, 0.15) is 18.1 Å². The van der Waals surface area contributed by atoms with Crippen LogP contribution in [0.4, 0.5) is 11.4 Å². The highest BCUT2D eigenvalue weighted by Crippen LogP contribution is 2.37. The number of hydrogen-bond acceptors (Lipinski definition) is 6. The summed E-state index contributed by atoms with van der Waals surface area (Å²) in [6.45, 7) is 2.77. The highest BCUT2D eigenvalue weighted by molar-refractivity contribution is 7.12. The SMILES string of the molecule is Cc1ncsc1C(=O)Nc1cc2c(cc1N)OCCO2. The number of carbonyl (C=O) groups is 1. The standard InChI is InChI=1S/C13H13N3O3S/c1-7-12(20-6-15-7)13(17)16-9-5-11-10(4-8(9)14)18-2-3-19-11/h4-6H,2-3,14H2,1H3,(H,16,17).